The largest absolute Gasteiger partial charge is 0.414 e. The Labute approximate surface area is 189 Å². The lowest BCUT2D eigenvalue weighted by molar-refractivity contribution is 0.0846. The Morgan fingerprint density at radius 2 is 1.48 bits per heavy atom. The first-order valence-corrected chi connectivity index (χ1v) is 13.7. The quantitative estimate of drug-likeness (QED) is 0.292. The fourth-order valence-corrected chi connectivity index (χ4v) is 3.70. The van der Waals surface area contributed by atoms with E-state index in [0.717, 1.165) is 22.4 Å². The predicted octanol–water partition coefficient (Wildman–Crippen LogP) is 5.58. The highest BCUT2D eigenvalue weighted by molar-refractivity contribution is 6.74. The van der Waals surface area contributed by atoms with Gasteiger partial charge in [-0.3, -0.25) is 4.79 Å². The first kappa shape index (κ1) is 25.1. The Hall–Kier alpha value is -2.15. The average molecular weight is 437 g/mol. The molecule has 0 aliphatic heterocycles. The van der Waals surface area contributed by atoms with Crippen LogP contribution in [0.3, 0.4) is 0 Å². The summed E-state index contributed by atoms with van der Waals surface area (Å²) in [5.74, 6) is 0.0236. The topological polar surface area (TPSA) is 38.8 Å². The van der Waals surface area contributed by atoms with Crippen LogP contribution in [0.2, 0.25) is 18.1 Å². The van der Waals surface area contributed by atoms with Gasteiger partial charge in [-0.25, -0.2) is 0 Å². The van der Waals surface area contributed by atoms with E-state index in [4.69, 9.17) is 9.16 Å². The number of hydrogen-bond acceptors (Lipinski definition) is 3. The number of carbonyl (C=O) groups excluding carboxylic acids is 1. The Bertz CT molecular complexity index is 871. The van der Waals surface area contributed by atoms with E-state index in [1.54, 1.807) is 19.8 Å². The molecule has 2 rings (SSSR count). The molecular formula is C25H36BNO3Si. The molecular weight excluding hydrogens is 401 g/mol. The summed E-state index contributed by atoms with van der Waals surface area (Å²) in [6.45, 7) is 13.1. The van der Waals surface area contributed by atoms with Crippen LogP contribution in [0.5, 0.6) is 0 Å². The molecule has 6 heteroatoms. The van der Waals surface area contributed by atoms with E-state index < -0.39 is 8.32 Å². The number of hydrogen-bond donors (Lipinski definition) is 0. The fraction of sp³-hybridized carbons (Fsp3) is 0.400. The number of rotatable bonds is 9. The minimum atomic E-state index is -1.70. The molecule has 31 heavy (non-hydrogen) atoms. The van der Waals surface area contributed by atoms with Gasteiger partial charge in [-0.05, 0) is 47.0 Å². The maximum Gasteiger partial charge on any atom is 0.216 e. The zero-order chi connectivity index (χ0) is 23.1. The summed E-state index contributed by atoms with van der Waals surface area (Å²) in [6, 6.07) is 16.3. The van der Waals surface area contributed by atoms with Crippen LogP contribution in [0.4, 0.5) is 10.5 Å². The minimum Gasteiger partial charge on any atom is -0.414 e. The van der Waals surface area contributed by atoms with Crippen LogP contribution in [0, 0.1) is 0 Å². The smallest absolute Gasteiger partial charge is 0.216 e. The molecule has 0 atom stereocenters. The van der Waals surface area contributed by atoms with Gasteiger partial charge in [0.2, 0.25) is 7.85 Å². The first-order chi connectivity index (χ1) is 14.5. The maximum absolute atomic E-state index is 11.4. The maximum atomic E-state index is 11.4. The van der Waals surface area contributed by atoms with Gasteiger partial charge in [0.25, 0.3) is 0 Å². The van der Waals surface area contributed by atoms with Crippen molar-refractivity contribution in [3.63, 3.8) is 0 Å². The molecule has 0 fully saturated rings. The van der Waals surface area contributed by atoms with E-state index in [1.165, 1.54) is 0 Å². The van der Waals surface area contributed by atoms with Gasteiger partial charge >= 0.3 is 0 Å². The lowest BCUT2D eigenvalue weighted by Crippen LogP contribution is -2.41. The summed E-state index contributed by atoms with van der Waals surface area (Å²) < 4.78 is 11.9. The van der Waals surface area contributed by atoms with Crippen molar-refractivity contribution in [2.24, 2.45) is 0 Å². The normalized spacial score (nSPS) is 12.3. The number of nitrogens with zero attached hydrogens (tertiary/aromatic N) is 1. The zero-order valence-electron chi connectivity index (χ0n) is 20.1. The summed E-state index contributed by atoms with van der Waals surface area (Å²) in [5.41, 5.74) is 4.27. The molecule has 0 unspecified atom stereocenters. The third-order valence-corrected chi connectivity index (χ3v) is 10.5. The Balaban J connectivity index is 1.79. The molecule has 0 aliphatic rings. The molecule has 0 radical (unpaired) electrons. The third kappa shape index (κ3) is 7.80. The predicted molar refractivity (Wildman–Crippen MR) is 137 cm³/mol. The van der Waals surface area contributed by atoms with E-state index in [2.05, 4.69) is 70.3 Å². The lowest BCUT2D eigenvalue weighted by atomic mass is 10.1. The minimum absolute atomic E-state index is 0.0236. The second-order valence-electron chi connectivity index (χ2n) is 9.41. The van der Waals surface area contributed by atoms with Gasteiger partial charge in [0.15, 0.2) is 14.1 Å². The molecule has 1 amide bonds. The highest BCUT2D eigenvalue weighted by Gasteiger charge is 2.36. The number of benzene rings is 2. The average Bonchev–Trinajstić information content (AvgIpc) is 2.71. The highest BCUT2D eigenvalue weighted by atomic mass is 28.4. The van der Waals surface area contributed by atoms with Crippen LogP contribution in [0.1, 0.15) is 37.5 Å². The van der Waals surface area contributed by atoms with Gasteiger partial charge in [-0.15, -0.1) is 0 Å². The lowest BCUT2D eigenvalue weighted by Gasteiger charge is -2.36. The van der Waals surface area contributed by atoms with Crippen LogP contribution in [0.25, 0.3) is 12.2 Å². The van der Waals surface area contributed by atoms with Crippen molar-refractivity contribution < 1.29 is 14.0 Å². The number of carbonyl (C=O) groups is 1. The van der Waals surface area contributed by atoms with Gasteiger partial charge in [-0.2, -0.15) is 0 Å². The number of anilines is 1. The zero-order valence-corrected chi connectivity index (χ0v) is 21.1. The highest BCUT2D eigenvalue weighted by Crippen LogP contribution is 2.36. The van der Waals surface area contributed by atoms with Crippen molar-refractivity contribution in [1.29, 1.82) is 0 Å². The van der Waals surface area contributed by atoms with Gasteiger partial charge in [0.1, 0.15) is 0 Å². The van der Waals surface area contributed by atoms with Gasteiger partial charge in [-0.1, -0.05) is 69.3 Å². The molecule has 0 heterocycles. The Morgan fingerprint density at radius 1 is 0.968 bits per heavy atom. The molecule has 0 N–H and O–H groups in total. The van der Waals surface area contributed by atoms with Crippen molar-refractivity contribution >= 4 is 39.8 Å². The molecule has 2 aromatic carbocycles. The standard InChI is InChI=1S/C25H36BNO3Si/c1-25(2,3)31(5,6)30-18-17-29-19-22-11-9-20(10-12-22)7-8-21-13-15-23(16-14-21)27(4)24(26)28/h7-16H,17-19,26H2,1-6H3/b8-7+. The molecule has 166 valence electrons. The van der Waals surface area contributed by atoms with Crippen LogP contribution in [-0.2, 0) is 15.8 Å². The van der Waals surface area contributed by atoms with Gasteiger partial charge in [0.05, 0.1) is 19.8 Å². The summed E-state index contributed by atoms with van der Waals surface area (Å²) in [7, 11) is 1.64. The van der Waals surface area contributed by atoms with E-state index in [9.17, 15) is 4.79 Å². The van der Waals surface area contributed by atoms with Crippen molar-refractivity contribution in [2.45, 2.75) is 45.5 Å². The fourth-order valence-electron chi connectivity index (χ4n) is 2.67. The molecule has 0 spiro atoms. The van der Waals surface area contributed by atoms with Crippen LogP contribution < -0.4 is 4.90 Å². The summed E-state index contributed by atoms with van der Waals surface area (Å²) in [5, 5.41) is 0.225. The van der Waals surface area contributed by atoms with Crippen molar-refractivity contribution in [3.05, 3.63) is 65.2 Å². The summed E-state index contributed by atoms with van der Waals surface area (Å²) in [4.78, 5) is 13.1. The van der Waals surface area contributed by atoms with E-state index in [-0.39, 0.29) is 10.8 Å². The third-order valence-electron chi connectivity index (χ3n) is 5.97. The first-order valence-electron chi connectivity index (χ1n) is 10.8. The molecule has 4 nitrogen and oxygen atoms in total. The monoisotopic (exact) mass is 437 g/mol. The van der Waals surface area contributed by atoms with E-state index in [0.29, 0.717) is 19.8 Å². The second-order valence-corrected chi connectivity index (χ2v) is 14.2. The van der Waals surface area contributed by atoms with E-state index >= 15 is 0 Å². The van der Waals surface area contributed by atoms with Crippen molar-refractivity contribution in [3.8, 4) is 0 Å². The molecule has 0 saturated carbocycles. The van der Waals surface area contributed by atoms with Crippen LogP contribution in [-0.4, -0.2) is 42.2 Å². The summed E-state index contributed by atoms with van der Waals surface area (Å²) in [6.07, 6.45) is 4.16. The van der Waals surface area contributed by atoms with Crippen molar-refractivity contribution in [2.75, 3.05) is 25.2 Å². The summed E-state index contributed by atoms with van der Waals surface area (Å²) >= 11 is 0. The van der Waals surface area contributed by atoms with Gasteiger partial charge < -0.3 is 14.1 Å². The van der Waals surface area contributed by atoms with Crippen molar-refractivity contribution in [1.82, 2.24) is 0 Å². The Kier molecular flexibility index (Phi) is 8.86. The SMILES string of the molecule is BC(=O)N(C)c1ccc(/C=C/c2ccc(COCCO[Si](C)(C)C(C)(C)C)cc2)cc1. The molecule has 0 aliphatic carbocycles. The van der Waals surface area contributed by atoms with Crippen LogP contribution in [0.15, 0.2) is 48.5 Å². The number of ether oxygens (including phenoxy) is 1. The molecule has 0 aromatic heterocycles. The molecule has 0 saturated heterocycles. The van der Waals surface area contributed by atoms with Gasteiger partial charge in [0, 0.05) is 12.7 Å². The molecule has 2 aromatic rings. The van der Waals surface area contributed by atoms with Crippen LogP contribution >= 0.6 is 0 Å². The molecule has 0 bridgehead atoms. The van der Waals surface area contributed by atoms with E-state index in [1.807, 2.05) is 24.3 Å². The number of amides is 1. The second kappa shape index (κ2) is 10.9. The Morgan fingerprint density at radius 3 is 1.97 bits per heavy atom.